The summed E-state index contributed by atoms with van der Waals surface area (Å²) in [5, 5.41) is 5.01. The monoisotopic (exact) mass is 764 g/mol. The molecular formula is C58H40N2. The molecule has 0 amide bonds. The normalized spacial score (nSPS) is 11.3. The van der Waals surface area contributed by atoms with E-state index in [0.29, 0.717) is 0 Å². The van der Waals surface area contributed by atoms with Crippen molar-refractivity contribution >= 4 is 49.6 Å². The van der Waals surface area contributed by atoms with Gasteiger partial charge in [0.05, 0.1) is 11.0 Å². The van der Waals surface area contributed by atoms with E-state index in [1.807, 2.05) is 0 Å². The molecule has 0 N–H and O–H groups in total. The molecule has 11 aromatic rings. The first-order valence-corrected chi connectivity index (χ1v) is 20.6. The third kappa shape index (κ3) is 6.51. The minimum absolute atomic E-state index is 1.08. The predicted molar refractivity (Wildman–Crippen MR) is 255 cm³/mol. The van der Waals surface area contributed by atoms with Gasteiger partial charge in [-0.1, -0.05) is 176 Å². The van der Waals surface area contributed by atoms with Crippen LogP contribution in [-0.2, 0) is 0 Å². The summed E-state index contributed by atoms with van der Waals surface area (Å²) in [5.41, 5.74) is 16.4. The second-order valence-corrected chi connectivity index (χ2v) is 15.4. The van der Waals surface area contributed by atoms with E-state index in [-0.39, 0.29) is 0 Å². The van der Waals surface area contributed by atoms with Crippen LogP contribution in [0.1, 0.15) is 0 Å². The van der Waals surface area contributed by atoms with Crippen molar-refractivity contribution < 1.29 is 0 Å². The van der Waals surface area contributed by atoms with Gasteiger partial charge in [-0.25, -0.2) is 0 Å². The van der Waals surface area contributed by atoms with E-state index in [4.69, 9.17) is 0 Å². The summed E-state index contributed by atoms with van der Waals surface area (Å²) in [4.78, 5) is 2.37. The first kappa shape index (κ1) is 35.2. The van der Waals surface area contributed by atoms with E-state index in [1.165, 1.54) is 77.1 Å². The summed E-state index contributed by atoms with van der Waals surface area (Å²) in [6.45, 7) is 0. The van der Waals surface area contributed by atoms with Gasteiger partial charge in [0.2, 0.25) is 0 Å². The van der Waals surface area contributed by atoms with Gasteiger partial charge in [-0.15, -0.1) is 0 Å². The molecule has 10 aromatic carbocycles. The summed E-state index contributed by atoms with van der Waals surface area (Å²) < 4.78 is 2.39. The van der Waals surface area contributed by atoms with Gasteiger partial charge < -0.3 is 9.47 Å². The largest absolute Gasteiger partial charge is 0.310 e. The van der Waals surface area contributed by atoms with Crippen LogP contribution in [0.5, 0.6) is 0 Å². The Morgan fingerprint density at radius 3 is 1.32 bits per heavy atom. The van der Waals surface area contributed by atoms with Crippen LogP contribution in [0.15, 0.2) is 243 Å². The Balaban J connectivity index is 0.979. The molecule has 0 bridgehead atoms. The van der Waals surface area contributed by atoms with Crippen molar-refractivity contribution in [2.45, 2.75) is 0 Å². The number of nitrogens with zero attached hydrogens (tertiary/aromatic N) is 2. The Kier molecular flexibility index (Phi) is 8.87. The van der Waals surface area contributed by atoms with Crippen molar-refractivity contribution in [3.05, 3.63) is 243 Å². The Morgan fingerprint density at radius 1 is 0.250 bits per heavy atom. The first-order valence-electron chi connectivity index (χ1n) is 20.6. The highest BCUT2D eigenvalue weighted by Gasteiger charge is 2.17. The van der Waals surface area contributed by atoms with Gasteiger partial charge in [0, 0.05) is 33.5 Å². The fourth-order valence-corrected chi connectivity index (χ4v) is 8.76. The maximum atomic E-state index is 2.39. The third-order valence-electron chi connectivity index (χ3n) is 11.8. The van der Waals surface area contributed by atoms with Gasteiger partial charge in [0.1, 0.15) is 0 Å². The van der Waals surface area contributed by atoms with Crippen LogP contribution in [0.3, 0.4) is 0 Å². The number of benzene rings is 10. The fraction of sp³-hybridized carbons (Fsp3) is 0. The predicted octanol–water partition coefficient (Wildman–Crippen LogP) is 16.1. The van der Waals surface area contributed by atoms with Gasteiger partial charge in [-0.2, -0.15) is 0 Å². The molecule has 2 nitrogen and oxygen atoms in total. The lowest BCUT2D eigenvalue weighted by Gasteiger charge is -2.26. The Morgan fingerprint density at radius 2 is 0.683 bits per heavy atom. The van der Waals surface area contributed by atoms with Crippen molar-refractivity contribution in [3.8, 4) is 50.2 Å². The van der Waals surface area contributed by atoms with Gasteiger partial charge in [0.25, 0.3) is 0 Å². The maximum absolute atomic E-state index is 2.39. The number of hydrogen-bond donors (Lipinski definition) is 0. The zero-order valence-electron chi connectivity index (χ0n) is 33.0. The van der Waals surface area contributed by atoms with E-state index in [9.17, 15) is 0 Å². The Hall–Kier alpha value is -7.94. The van der Waals surface area contributed by atoms with Crippen LogP contribution < -0.4 is 4.90 Å². The second kappa shape index (κ2) is 15.1. The molecule has 0 saturated carbocycles. The van der Waals surface area contributed by atoms with E-state index in [0.717, 1.165) is 22.7 Å². The summed E-state index contributed by atoms with van der Waals surface area (Å²) in [5.74, 6) is 0. The van der Waals surface area contributed by atoms with Crippen LogP contribution in [0.4, 0.5) is 17.1 Å². The van der Waals surface area contributed by atoms with Crippen LogP contribution >= 0.6 is 0 Å². The molecule has 282 valence electrons. The molecular weight excluding hydrogens is 725 g/mol. The maximum Gasteiger partial charge on any atom is 0.0541 e. The van der Waals surface area contributed by atoms with Crippen LogP contribution in [0.2, 0.25) is 0 Å². The smallest absolute Gasteiger partial charge is 0.0541 e. The van der Waals surface area contributed by atoms with Crippen molar-refractivity contribution in [2.24, 2.45) is 0 Å². The lowest BCUT2D eigenvalue weighted by Crippen LogP contribution is -2.10. The number of anilines is 3. The van der Waals surface area contributed by atoms with Crippen molar-refractivity contribution in [2.75, 3.05) is 4.90 Å². The quantitative estimate of drug-likeness (QED) is 0.150. The zero-order valence-corrected chi connectivity index (χ0v) is 33.0. The average molecular weight is 765 g/mol. The number of aromatic nitrogens is 1. The molecule has 0 aliphatic rings. The SMILES string of the molecule is c1ccc(-c2ccc(-c3ccc(N(c4ccc(-c5cccc(-c6ccc7ccccc7c6)c5)cc4)c4cccc(-n5c6ccccc6c6ccccc65)c4)cc3)cc2)cc1. The summed E-state index contributed by atoms with van der Waals surface area (Å²) in [6.07, 6.45) is 0. The highest BCUT2D eigenvalue weighted by atomic mass is 15.1. The minimum Gasteiger partial charge on any atom is -0.310 e. The molecule has 0 unspecified atom stereocenters. The molecule has 1 heterocycles. The first-order chi connectivity index (χ1) is 29.7. The topological polar surface area (TPSA) is 8.17 Å². The molecule has 1 aromatic heterocycles. The average Bonchev–Trinajstić information content (AvgIpc) is 3.67. The zero-order chi connectivity index (χ0) is 39.8. The molecule has 0 atom stereocenters. The summed E-state index contributed by atoms with van der Waals surface area (Å²) in [7, 11) is 0. The van der Waals surface area contributed by atoms with E-state index in [2.05, 4.69) is 252 Å². The van der Waals surface area contributed by atoms with Crippen LogP contribution in [0.25, 0.3) is 82.8 Å². The molecule has 2 heteroatoms. The van der Waals surface area contributed by atoms with Crippen molar-refractivity contribution in [3.63, 3.8) is 0 Å². The molecule has 0 radical (unpaired) electrons. The highest BCUT2D eigenvalue weighted by molar-refractivity contribution is 6.09. The lowest BCUT2D eigenvalue weighted by atomic mass is 9.97. The number of para-hydroxylation sites is 2. The minimum atomic E-state index is 1.08. The number of rotatable bonds is 8. The third-order valence-corrected chi connectivity index (χ3v) is 11.8. The van der Waals surface area contributed by atoms with Crippen molar-refractivity contribution in [1.82, 2.24) is 4.57 Å². The summed E-state index contributed by atoms with van der Waals surface area (Å²) >= 11 is 0. The van der Waals surface area contributed by atoms with E-state index in [1.54, 1.807) is 0 Å². The standard InChI is InChI=1S/C58H40N2/c1-2-12-41(13-3-1)43-24-26-44(27-25-43)45-30-34-51(35-31-45)59(53-18-11-19-54(40-53)60-57-22-8-6-20-55(57)56-21-7-9-23-58(56)60)52-36-32-46(33-37-52)48-16-10-17-49(38-48)50-29-28-42-14-4-5-15-47(42)39-50/h1-40H. The second-order valence-electron chi connectivity index (χ2n) is 15.4. The van der Waals surface area contributed by atoms with Crippen molar-refractivity contribution in [1.29, 1.82) is 0 Å². The van der Waals surface area contributed by atoms with Crippen LogP contribution in [-0.4, -0.2) is 4.57 Å². The molecule has 60 heavy (non-hydrogen) atoms. The Bertz CT molecular complexity index is 3230. The van der Waals surface area contributed by atoms with Gasteiger partial charge >= 0.3 is 0 Å². The molecule has 0 aliphatic heterocycles. The van der Waals surface area contributed by atoms with Crippen LogP contribution in [0, 0.1) is 0 Å². The highest BCUT2D eigenvalue weighted by Crippen LogP contribution is 2.40. The molecule has 0 saturated heterocycles. The lowest BCUT2D eigenvalue weighted by molar-refractivity contribution is 1.17. The van der Waals surface area contributed by atoms with E-state index >= 15 is 0 Å². The Labute approximate surface area is 350 Å². The molecule has 0 fully saturated rings. The number of hydrogen-bond acceptors (Lipinski definition) is 1. The summed E-state index contributed by atoms with van der Waals surface area (Å²) in [6, 6.07) is 87.9. The van der Waals surface area contributed by atoms with Gasteiger partial charge in [-0.05, 0) is 122 Å². The number of fused-ring (bicyclic) bond motifs is 4. The molecule has 11 rings (SSSR count). The van der Waals surface area contributed by atoms with Gasteiger partial charge in [-0.3, -0.25) is 0 Å². The van der Waals surface area contributed by atoms with E-state index < -0.39 is 0 Å². The molecule has 0 spiro atoms. The van der Waals surface area contributed by atoms with Gasteiger partial charge in [0.15, 0.2) is 0 Å². The molecule has 0 aliphatic carbocycles. The fourth-order valence-electron chi connectivity index (χ4n) is 8.76.